The van der Waals surface area contributed by atoms with Crippen molar-refractivity contribution in [2.24, 2.45) is 5.92 Å². The number of aromatic nitrogens is 1. The van der Waals surface area contributed by atoms with Crippen LogP contribution < -0.4 is 9.47 Å². The third-order valence-corrected chi connectivity index (χ3v) is 6.33. The van der Waals surface area contributed by atoms with Gasteiger partial charge in [-0.2, -0.15) is 0 Å². The summed E-state index contributed by atoms with van der Waals surface area (Å²) in [5.74, 6) is -0.0931. The van der Waals surface area contributed by atoms with Crippen LogP contribution in [0.4, 0.5) is 4.39 Å². The number of halogens is 1. The first-order valence-corrected chi connectivity index (χ1v) is 10.7. The molecular formula is C23H24FN3O4. The topological polar surface area (TPSA) is 72.0 Å². The van der Waals surface area contributed by atoms with Gasteiger partial charge < -0.3 is 9.47 Å². The summed E-state index contributed by atoms with van der Waals surface area (Å²) >= 11 is 0. The molecular weight excluding hydrogens is 401 g/mol. The van der Waals surface area contributed by atoms with Crippen LogP contribution in [0.3, 0.4) is 0 Å². The Morgan fingerprint density at radius 3 is 2.61 bits per heavy atom. The fourth-order valence-corrected chi connectivity index (χ4v) is 4.69. The Kier molecular flexibility index (Phi) is 5.09. The van der Waals surface area contributed by atoms with E-state index in [0.29, 0.717) is 54.8 Å². The molecule has 1 aromatic heterocycles. The molecule has 1 saturated heterocycles. The van der Waals surface area contributed by atoms with E-state index < -0.39 is 5.82 Å². The van der Waals surface area contributed by atoms with Crippen molar-refractivity contribution in [2.45, 2.75) is 25.8 Å². The van der Waals surface area contributed by atoms with E-state index >= 15 is 0 Å². The summed E-state index contributed by atoms with van der Waals surface area (Å²) in [5.41, 5.74) is 1.26. The highest BCUT2D eigenvalue weighted by Gasteiger charge is 2.38. The fraction of sp³-hybridized carbons (Fsp3) is 0.435. The summed E-state index contributed by atoms with van der Waals surface area (Å²) in [5, 5.41) is 0. The minimum atomic E-state index is -0.417. The number of fused-ring (bicyclic) bond motifs is 2. The zero-order valence-corrected chi connectivity index (χ0v) is 17.3. The molecule has 1 fully saturated rings. The lowest BCUT2D eigenvalue weighted by atomic mass is 9.95. The van der Waals surface area contributed by atoms with Crippen molar-refractivity contribution in [3.8, 4) is 11.6 Å². The van der Waals surface area contributed by atoms with Gasteiger partial charge in [0, 0.05) is 19.2 Å². The van der Waals surface area contributed by atoms with Gasteiger partial charge >= 0.3 is 0 Å². The van der Waals surface area contributed by atoms with E-state index in [4.69, 9.17) is 9.47 Å². The predicted octanol–water partition coefficient (Wildman–Crippen LogP) is 3.06. The number of carbonyl (C=O) groups is 2. The summed E-state index contributed by atoms with van der Waals surface area (Å²) in [6, 6.07) is 8.01. The molecule has 2 amide bonds. The fourth-order valence-electron chi connectivity index (χ4n) is 4.69. The first kappa shape index (κ1) is 19.9. The van der Waals surface area contributed by atoms with E-state index in [2.05, 4.69) is 9.88 Å². The lowest BCUT2D eigenvalue weighted by Gasteiger charge is -2.37. The van der Waals surface area contributed by atoms with Gasteiger partial charge in [-0.25, -0.2) is 9.37 Å². The van der Waals surface area contributed by atoms with Crippen LogP contribution in [0.1, 0.15) is 52.2 Å². The van der Waals surface area contributed by atoms with Crippen LogP contribution in [-0.4, -0.2) is 59.4 Å². The number of rotatable bonds is 4. The molecule has 0 bridgehead atoms. The number of pyridine rings is 1. The molecule has 0 saturated carbocycles. The Labute approximate surface area is 179 Å². The van der Waals surface area contributed by atoms with Crippen LogP contribution in [0.2, 0.25) is 0 Å². The number of nitrogens with zero attached hydrogens (tertiary/aromatic N) is 3. The van der Waals surface area contributed by atoms with Gasteiger partial charge in [0.25, 0.3) is 17.7 Å². The summed E-state index contributed by atoms with van der Waals surface area (Å²) in [4.78, 5) is 33.3. The molecule has 2 atom stereocenters. The Balaban J connectivity index is 1.30. The first-order chi connectivity index (χ1) is 15.0. The second-order valence-corrected chi connectivity index (χ2v) is 8.30. The summed E-state index contributed by atoms with van der Waals surface area (Å²) in [7, 11) is 0. The molecule has 0 spiro atoms. The van der Waals surface area contributed by atoms with Crippen molar-refractivity contribution < 1.29 is 23.5 Å². The van der Waals surface area contributed by atoms with Gasteiger partial charge in [-0.1, -0.05) is 12.1 Å². The van der Waals surface area contributed by atoms with Gasteiger partial charge in [-0.15, -0.1) is 0 Å². The van der Waals surface area contributed by atoms with Crippen molar-refractivity contribution in [1.29, 1.82) is 0 Å². The van der Waals surface area contributed by atoms with Crippen LogP contribution >= 0.6 is 0 Å². The second-order valence-electron chi connectivity index (χ2n) is 8.30. The van der Waals surface area contributed by atoms with Crippen LogP contribution in [0.5, 0.6) is 11.6 Å². The van der Waals surface area contributed by atoms with Crippen LogP contribution in [0.15, 0.2) is 30.3 Å². The molecule has 2 unspecified atom stereocenters. The molecule has 3 aliphatic heterocycles. The number of carbonyl (C=O) groups excluding carboxylic acids is 2. The predicted molar refractivity (Wildman–Crippen MR) is 110 cm³/mol. The molecule has 162 valence electrons. The maximum absolute atomic E-state index is 14.7. The summed E-state index contributed by atoms with van der Waals surface area (Å²) < 4.78 is 25.7. The third kappa shape index (κ3) is 3.54. The minimum absolute atomic E-state index is 0.124. The lowest BCUT2D eigenvalue weighted by Crippen LogP contribution is -2.43. The normalized spacial score (nSPS) is 21.9. The molecule has 2 aromatic rings. The van der Waals surface area contributed by atoms with Gasteiger partial charge in [0.1, 0.15) is 19.0 Å². The highest BCUT2D eigenvalue weighted by atomic mass is 19.1. The number of benzene rings is 1. The van der Waals surface area contributed by atoms with Gasteiger partial charge in [0.05, 0.1) is 22.9 Å². The van der Waals surface area contributed by atoms with E-state index in [1.165, 1.54) is 11.0 Å². The maximum Gasteiger partial charge on any atom is 0.261 e. The highest BCUT2D eigenvalue weighted by molar-refractivity contribution is 6.21. The average molecular weight is 425 g/mol. The quantitative estimate of drug-likeness (QED) is 0.702. The molecule has 0 N–H and O–H groups in total. The number of hydrogen-bond acceptors (Lipinski definition) is 6. The van der Waals surface area contributed by atoms with Crippen LogP contribution in [0.25, 0.3) is 0 Å². The van der Waals surface area contributed by atoms with Crippen molar-refractivity contribution in [2.75, 3.05) is 32.8 Å². The maximum atomic E-state index is 14.7. The number of hydrogen-bond donors (Lipinski definition) is 0. The molecule has 0 radical (unpaired) electrons. The largest absolute Gasteiger partial charge is 0.484 e. The Bertz CT molecular complexity index is 1010. The highest BCUT2D eigenvalue weighted by Crippen LogP contribution is 2.35. The molecule has 7 nitrogen and oxygen atoms in total. The standard InChI is InChI=1S/C23H24FN3O4/c1-14(20-18(24)11-19-21(25-20)31-10-9-30-19)26-8-4-5-15(12-26)13-27-22(28)16-6-2-3-7-17(16)23(27)29/h2-3,6-7,11,14-15H,4-5,8-10,12-13H2,1H3. The number of amides is 2. The number of imide groups is 1. The Hall–Kier alpha value is -3.00. The molecule has 1 aromatic carbocycles. The average Bonchev–Trinajstić information content (AvgIpc) is 3.03. The number of piperidine rings is 1. The van der Waals surface area contributed by atoms with Crippen molar-refractivity contribution >= 4 is 11.8 Å². The van der Waals surface area contributed by atoms with E-state index in [-0.39, 0.29) is 23.8 Å². The molecule has 4 heterocycles. The van der Waals surface area contributed by atoms with Gasteiger partial charge in [-0.3, -0.25) is 19.4 Å². The smallest absolute Gasteiger partial charge is 0.261 e. The zero-order chi connectivity index (χ0) is 21.5. The molecule has 31 heavy (non-hydrogen) atoms. The minimum Gasteiger partial charge on any atom is -0.484 e. The first-order valence-electron chi connectivity index (χ1n) is 10.7. The van der Waals surface area contributed by atoms with E-state index in [1.54, 1.807) is 24.3 Å². The zero-order valence-electron chi connectivity index (χ0n) is 17.3. The second kappa shape index (κ2) is 7.92. The number of likely N-dealkylation sites (tertiary alicyclic amines) is 1. The Morgan fingerprint density at radius 2 is 1.87 bits per heavy atom. The van der Waals surface area contributed by atoms with Crippen molar-refractivity contribution in [3.63, 3.8) is 0 Å². The van der Waals surface area contributed by atoms with Crippen LogP contribution in [0, 0.1) is 11.7 Å². The van der Waals surface area contributed by atoms with E-state index in [9.17, 15) is 14.0 Å². The van der Waals surface area contributed by atoms with Crippen molar-refractivity contribution in [1.82, 2.24) is 14.8 Å². The molecule has 3 aliphatic rings. The van der Waals surface area contributed by atoms with E-state index in [0.717, 1.165) is 19.4 Å². The Morgan fingerprint density at radius 1 is 1.16 bits per heavy atom. The van der Waals surface area contributed by atoms with Gasteiger partial charge in [0.15, 0.2) is 5.75 Å². The monoisotopic (exact) mass is 425 g/mol. The number of ether oxygens (including phenoxy) is 2. The van der Waals surface area contributed by atoms with E-state index in [1.807, 2.05) is 6.92 Å². The summed E-state index contributed by atoms with van der Waals surface area (Å²) in [6.45, 7) is 4.53. The van der Waals surface area contributed by atoms with Gasteiger partial charge in [0.2, 0.25) is 0 Å². The third-order valence-electron chi connectivity index (χ3n) is 6.33. The SMILES string of the molecule is CC(c1nc2c(cc1F)OCCO2)N1CCCC(CN2C(=O)c3ccccc3C2=O)C1. The molecule has 8 heteroatoms. The van der Waals surface area contributed by atoms with Gasteiger partial charge in [-0.05, 0) is 44.4 Å². The molecule has 5 rings (SSSR count). The van der Waals surface area contributed by atoms with Crippen LogP contribution in [-0.2, 0) is 0 Å². The molecule has 0 aliphatic carbocycles. The van der Waals surface area contributed by atoms with Crippen molar-refractivity contribution in [3.05, 3.63) is 53.0 Å². The lowest BCUT2D eigenvalue weighted by molar-refractivity contribution is 0.0564. The summed E-state index contributed by atoms with van der Waals surface area (Å²) in [6.07, 6.45) is 1.82.